The summed E-state index contributed by atoms with van der Waals surface area (Å²) in [6.45, 7) is -2.23. The van der Waals surface area contributed by atoms with E-state index < -0.39 is 24.9 Å². The van der Waals surface area contributed by atoms with Gasteiger partial charge >= 0.3 is 0 Å². The van der Waals surface area contributed by atoms with Gasteiger partial charge in [0.05, 0.1) is 11.7 Å². The summed E-state index contributed by atoms with van der Waals surface area (Å²) in [7, 11) is 0. The van der Waals surface area contributed by atoms with Crippen LogP contribution >= 0.6 is 0 Å². The molecule has 2 rings (SSSR count). The van der Waals surface area contributed by atoms with Gasteiger partial charge in [0.1, 0.15) is 5.75 Å². The summed E-state index contributed by atoms with van der Waals surface area (Å²) in [4.78, 5) is 11.3. The summed E-state index contributed by atoms with van der Waals surface area (Å²) < 4.78 is 23.2. The Morgan fingerprint density at radius 2 is 2.04 bits per heavy atom. The Hall–Kier alpha value is -2.37. The maximum absolute atomic E-state index is 11.3. The van der Waals surface area contributed by atoms with Gasteiger partial charge < -0.3 is 21.3 Å². The second-order valence-electron chi connectivity index (χ2n) is 5.64. The lowest BCUT2D eigenvalue weighted by molar-refractivity contribution is 0.0997. The molecule has 0 aromatic heterocycles. The molecule has 1 amide bonds. The van der Waals surface area contributed by atoms with Crippen LogP contribution in [0.25, 0.3) is 0 Å². The molecule has 0 fully saturated rings. The van der Waals surface area contributed by atoms with Crippen molar-refractivity contribution in [2.75, 3.05) is 6.54 Å². The molecule has 0 aliphatic rings. The second kappa shape index (κ2) is 8.47. The molecule has 2 aromatic rings. The third-order valence-electron chi connectivity index (χ3n) is 3.79. The Morgan fingerprint density at radius 1 is 1.29 bits per heavy atom. The first-order valence-electron chi connectivity index (χ1n) is 9.26. The summed E-state index contributed by atoms with van der Waals surface area (Å²) in [5.74, 6) is -1.08. The minimum atomic E-state index is -2.22. The Kier molecular flexibility index (Phi) is 4.95. The maximum atomic E-state index is 11.3. The molecule has 0 saturated heterocycles. The van der Waals surface area contributed by atoms with Crippen LogP contribution in [0.5, 0.6) is 5.75 Å². The van der Waals surface area contributed by atoms with Crippen LogP contribution in [0.15, 0.2) is 48.5 Å². The number of carbonyl (C=O) groups is 1. The van der Waals surface area contributed by atoms with E-state index in [9.17, 15) is 15.0 Å². The van der Waals surface area contributed by atoms with Crippen LogP contribution < -0.4 is 11.1 Å². The predicted octanol–water partition coefficient (Wildman–Crippen LogP) is 2.14. The summed E-state index contributed by atoms with van der Waals surface area (Å²) in [5, 5.41) is 22.9. The monoisotopic (exact) mass is 331 g/mol. The number of primary amides is 1. The fraction of sp³-hybridized carbons (Fsp3) is 0.316. The first-order valence-corrected chi connectivity index (χ1v) is 7.76. The zero-order valence-electron chi connectivity index (χ0n) is 16.3. The highest BCUT2D eigenvalue weighted by atomic mass is 16.3. The fourth-order valence-electron chi connectivity index (χ4n) is 2.39. The molecule has 24 heavy (non-hydrogen) atoms. The summed E-state index contributed by atoms with van der Waals surface area (Å²) >= 11 is 0. The quantitative estimate of drug-likeness (QED) is 0.596. The standard InChI is InChI=1S/C19H24N2O3/c1-13(7-8-14-5-3-2-4-6-14)21-12-18(23)15-9-10-17(22)16(11-15)19(20)24/h2-6,9-11,13,18,21-23H,7-8,12H2,1H3,(H2,20,24)/t13-,18+/m1/s1/i1D3. The van der Waals surface area contributed by atoms with Crippen LogP contribution in [0, 0.1) is 0 Å². The summed E-state index contributed by atoms with van der Waals surface area (Å²) in [5.41, 5.74) is 6.50. The topological polar surface area (TPSA) is 95.6 Å². The first-order chi connectivity index (χ1) is 12.7. The third kappa shape index (κ3) is 5.08. The van der Waals surface area contributed by atoms with E-state index in [0.29, 0.717) is 18.4 Å². The molecule has 0 heterocycles. The van der Waals surface area contributed by atoms with E-state index in [1.165, 1.54) is 18.2 Å². The van der Waals surface area contributed by atoms with E-state index in [0.717, 1.165) is 5.56 Å². The molecule has 0 saturated carbocycles. The van der Waals surface area contributed by atoms with Gasteiger partial charge in [0.2, 0.25) is 0 Å². The van der Waals surface area contributed by atoms with Crippen molar-refractivity contribution in [3.05, 3.63) is 65.2 Å². The van der Waals surface area contributed by atoms with Gasteiger partial charge in [-0.25, -0.2) is 0 Å². The summed E-state index contributed by atoms with van der Waals surface area (Å²) in [6.07, 6.45) is -0.0711. The van der Waals surface area contributed by atoms with E-state index in [1.807, 2.05) is 30.3 Å². The van der Waals surface area contributed by atoms with Crippen molar-refractivity contribution in [2.45, 2.75) is 31.8 Å². The van der Waals surface area contributed by atoms with Crippen LogP contribution in [0.4, 0.5) is 0 Å². The number of hydrogen-bond acceptors (Lipinski definition) is 4. The Bertz CT molecular complexity index is 767. The Morgan fingerprint density at radius 3 is 2.71 bits per heavy atom. The predicted molar refractivity (Wildman–Crippen MR) is 93.8 cm³/mol. The van der Waals surface area contributed by atoms with Crippen LogP contribution in [0.1, 0.15) is 45.0 Å². The van der Waals surface area contributed by atoms with Crippen LogP contribution in [0.2, 0.25) is 0 Å². The molecular weight excluding hydrogens is 304 g/mol. The van der Waals surface area contributed by atoms with Crippen molar-refractivity contribution in [1.82, 2.24) is 5.32 Å². The van der Waals surface area contributed by atoms with Gasteiger partial charge in [-0.3, -0.25) is 4.79 Å². The highest BCUT2D eigenvalue weighted by Gasteiger charge is 2.14. The molecule has 0 radical (unpaired) electrons. The lowest BCUT2D eigenvalue weighted by Gasteiger charge is -2.18. The number of aliphatic hydroxyl groups is 1. The number of amides is 1. The molecule has 5 nitrogen and oxygen atoms in total. The van der Waals surface area contributed by atoms with E-state index in [2.05, 4.69) is 5.32 Å². The number of rotatable bonds is 8. The van der Waals surface area contributed by atoms with E-state index in [4.69, 9.17) is 9.85 Å². The number of carbonyl (C=O) groups excluding carboxylic acids is 1. The highest BCUT2D eigenvalue weighted by molar-refractivity contribution is 5.95. The maximum Gasteiger partial charge on any atom is 0.252 e. The van der Waals surface area contributed by atoms with E-state index >= 15 is 0 Å². The number of hydrogen-bond donors (Lipinski definition) is 4. The molecule has 0 bridgehead atoms. The fourth-order valence-corrected chi connectivity index (χ4v) is 2.39. The number of nitrogens with two attached hydrogens (primary N) is 1. The lowest BCUT2D eigenvalue weighted by Crippen LogP contribution is -2.31. The summed E-state index contributed by atoms with van der Waals surface area (Å²) in [6, 6.07) is 12.8. The minimum Gasteiger partial charge on any atom is -0.507 e. The van der Waals surface area contributed by atoms with Gasteiger partial charge in [-0.2, -0.15) is 0 Å². The molecule has 5 N–H and O–H groups in total. The molecule has 0 aliphatic carbocycles. The Labute approximate surface area is 146 Å². The van der Waals surface area contributed by atoms with Crippen molar-refractivity contribution in [1.29, 1.82) is 0 Å². The second-order valence-corrected chi connectivity index (χ2v) is 5.64. The van der Waals surface area contributed by atoms with Crippen molar-refractivity contribution >= 4 is 5.91 Å². The van der Waals surface area contributed by atoms with Gasteiger partial charge in [0.25, 0.3) is 5.91 Å². The number of aryl methyl sites for hydroxylation is 1. The third-order valence-corrected chi connectivity index (χ3v) is 3.79. The van der Waals surface area contributed by atoms with Crippen molar-refractivity contribution in [3.63, 3.8) is 0 Å². The van der Waals surface area contributed by atoms with Crippen molar-refractivity contribution in [3.8, 4) is 5.75 Å². The molecular formula is C19H24N2O3. The van der Waals surface area contributed by atoms with Crippen LogP contribution in [-0.4, -0.2) is 28.7 Å². The van der Waals surface area contributed by atoms with Gasteiger partial charge in [0.15, 0.2) is 0 Å². The van der Waals surface area contributed by atoms with Crippen LogP contribution in [0.3, 0.4) is 0 Å². The number of nitrogens with one attached hydrogen (secondary N) is 1. The largest absolute Gasteiger partial charge is 0.507 e. The van der Waals surface area contributed by atoms with Gasteiger partial charge in [-0.15, -0.1) is 0 Å². The zero-order chi connectivity index (χ0) is 20.0. The molecule has 2 atom stereocenters. The normalized spacial score (nSPS) is 15.8. The average Bonchev–Trinajstić information content (AvgIpc) is 2.61. The van der Waals surface area contributed by atoms with Crippen molar-refractivity contribution < 1.29 is 19.1 Å². The number of benzene rings is 2. The Balaban J connectivity index is 2.01. The SMILES string of the molecule is [2H]C([2H])([2H])[C@H](CCc1ccccc1)NC[C@H](O)c1ccc(O)c(C(N)=O)c1. The zero-order valence-corrected chi connectivity index (χ0v) is 13.3. The molecule has 0 aliphatic heterocycles. The molecule has 5 heteroatoms. The molecule has 128 valence electrons. The van der Waals surface area contributed by atoms with E-state index in [-0.39, 0.29) is 17.9 Å². The van der Waals surface area contributed by atoms with Gasteiger partial charge in [-0.1, -0.05) is 36.4 Å². The smallest absolute Gasteiger partial charge is 0.252 e. The highest BCUT2D eigenvalue weighted by Crippen LogP contribution is 2.22. The van der Waals surface area contributed by atoms with Crippen molar-refractivity contribution in [2.24, 2.45) is 5.73 Å². The molecule has 2 aromatic carbocycles. The van der Waals surface area contributed by atoms with Crippen LogP contribution in [-0.2, 0) is 6.42 Å². The number of phenols is 1. The minimum absolute atomic E-state index is 0.0131. The molecule has 0 spiro atoms. The van der Waals surface area contributed by atoms with Gasteiger partial charge in [-0.05, 0) is 43.0 Å². The average molecular weight is 331 g/mol. The van der Waals surface area contributed by atoms with E-state index in [1.54, 1.807) is 0 Å². The first kappa shape index (κ1) is 14.0. The molecule has 0 unspecified atom stereocenters. The van der Waals surface area contributed by atoms with Gasteiger partial charge in [0, 0.05) is 16.7 Å². The number of aliphatic hydroxyl groups excluding tert-OH is 1. The lowest BCUT2D eigenvalue weighted by atomic mass is 10.0. The number of aromatic hydroxyl groups is 1.